The molecule has 1 amide bonds. The molecule has 3 aromatic rings. The van der Waals surface area contributed by atoms with Crippen molar-refractivity contribution >= 4 is 21.8 Å². The molecular weight excluding hydrogens is 417 g/mol. The molecule has 8 heteroatoms. The number of aromatic nitrogens is 2. The summed E-state index contributed by atoms with van der Waals surface area (Å²) in [7, 11) is 0. The summed E-state index contributed by atoms with van der Waals surface area (Å²) in [5, 5.41) is 6.97. The number of amides is 1. The fraction of sp³-hybridized carbons (Fsp3) is 0.105. The van der Waals surface area contributed by atoms with E-state index in [1.165, 1.54) is 22.9 Å². The van der Waals surface area contributed by atoms with Gasteiger partial charge in [-0.2, -0.15) is 9.78 Å². The zero-order chi connectivity index (χ0) is 19.0. The minimum Gasteiger partial charge on any atom is -0.491 e. The monoisotopic (exact) mass is 429 g/mol. The van der Waals surface area contributed by atoms with E-state index in [1.54, 1.807) is 30.3 Å². The normalized spacial score (nSPS) is 15.1. The highest BCUT2D eigenvalue weighted by molar-refractivity contribution is 9.10. The van der Waals surface area contributed by atoms with Crippen LogP contribution in [0.15, 0.2) is 63.9 Å². The maximum Gasteiger partial charge on any atom is 0.272 e. The van der Waals surface area contributed by atoms with Crippen molar-refractivity contribution in [2.75, 3.05) is 6.61 Å². The molecule has 2 aromatic carbocycles. The minimum atomic E-state index is -0.457. The lowest BCUT2D eigenvalue weighted by Gasteiger charge is -2.12. The summed E-state index contributed by atoms with van der Waals surface area (Å²) in [4.78, 5) is 24.7. The molecule has 4 rings (SSSR count). The first kappa shape index (κ1) is 17.4. The number of nitrogens with zero attached hydrogens (tertiary/aromatic N) is 2. The zero-order valence-electron chi connectivity index (χ0n) is 13.9. The summed E-state index contributed by atoms with van der Waals surface area (Å²) in [6.07, 6.45) is 0. The maximum atomic E-state index is 13.6. The van der Waals surface area contributed by atoms with Gasteiger partial charge in [0.25, 0.3) is 11.5 Å². The Morgan fingerprint density at radius 1 is 1.22 bits per heavy atom. The fourth-order valence-corrected chi connectivity index (χ4v) is 3.20. The van der Waals surface area contributed by atoms with Crippen molar-refractivity contribution in [3.8, 4) is 11.4 Å². The lowest BCUT2D eigenvalue weighted by atomic mass is 10.1. The molecular formula is C19H13BrFN3O3. The predicted octanol–water partition coefficient (Wildman–Crippen LogP) is 3.00. The topological polar surface area (TPSA) is 73.2 Å². The standard InChI is InChI=1S/C19H13BrFN3O3/c20-13-8-12-16(10-27-17(12)9-14(13)21)22-19(26)15-6-7-18(25)24(23-15)11-4-2-1-3-5-11/h1-9,16H,10H2,(H,22,26). The van der Waals surface area contributed by atoms with E-state index in [0.29, 0.717) is 21.5 Å². The second kappa shape index (κ2) is 6.96. The first-order valence-electron chi connectivity index (χ1n) is 8.11. The van der Waals surface area contributed by atoms with Crippen LogP contribution in [0.2, 0.25) is 0 Å². The second-order valence-electron chi connectivity index (χ2n) is 5.95. The van der Waals surface area contributed by atoms with Gasteiger partial charge in [0, 0.05) is 17.7 Å². The Labute approximate surface area is 161 Å². The maximum absolute atomic E-state index is 13.6. The van der Waals surface area contributed by atoms with Crippen LogP contribution in [-0.4, -0.2) is 22.3 Å². The molecule has 27 heavy (non-hydrogen) atoms. The van der Waals surface area contributed by atoms with Crippen LogP contribution in [-0.2, 0) is 0 Å². The highest BCUT2D eigenvalue weighted by Crippen LogP contribution is 2.36. The van der Waals surface area contributed by atoms with Crippen molar-refractivity contribution in [1.29, 1.82) is 0 Å². The molecule has 0 radical (unpaired) electrons. The van der Waals surface area contributed by atoms with Gasteiger partial charge in [-0.05, 0) is 40.2 Å². The van der Waals surface area contributed by atoms with Crippen LogP contribution >= 0.6 is 15.9 Å². The molecule has 0 saturated carbocycles. The number of hydrogen-bond acceptors (Lipinski definition) is 4. The summed E-state index contributed by atoms with van der Waals surface area (Å²) in [5.41, 5.74) is 0.985. The molecule has 6 nitrogen and oxygen atoms in total. The molecule has 2 heterocycles. The van der Waals surface area contributed by atoms with E-state index in [2.05, 4.69) is 26.3 Å². The Morgan fingerprint density at radius 2 is 2.00 bits per heavy atom. The third-order valence-electron chi connectivity index (χ3n) is 4.17. The van der Waals surface area contributed by atoms with Gasteiger partial charge in [-0.1, -0.05) is 18.2 Å². The summed E-state index contributed by atoms with van der Waals surface area (Å²) < 4.78 is 20.5. The van der Waals surface area contributed by atoms with E-state index in [0.717, 1.165) is 0 Å². The van der Waals surface area contributed by atoms with Crippen molar-refractivity contribution in [1.82, 2.24) is 15.1 Å². The van der Waals surface area contributed by atoms with Crippen LogP contribution in [0.5, 0.6) is 5.75 Å². The highest BCUT2D eigenvalue weighted by atomic mass is 79.9. The van der Waals surface area contributed by atoms with Crippen molar-refractivity contribution in [2.24, 2.45) is 0 Å². The van der Waals surface area contributed by atoms with Crippen LogP contribution < -0.4 is 15.6 Å². The smallest absolute Gasteiger partial charge is 0.272 e. The van der Waals surface area contributed by atoms with Gasteiger partial charge in [-0.15, -0.1) is 0 Å². The number of rotatable bonds is 3. The van der Waals surface area contributed by atoms with Crippen LogP contribution in [0.25, 0.3) is 5.69 Å². The van der Waals surface area contributed by atoms with E-state index in [-0.39, 0.29) is 17.9 Å². The Bertz CT molecular complexity index is 1090. The first-order chi connectivity index (χ1) is 13.0. The highest BCUT2D eigenvalue weighted by Gasteiger charge is 2.28. The number of carbonyl (C=O) groups is 1. The molecule has 0 aliphatic carbocycles. The fourth-order valence-electron chi connectivity index (χ4n) is 2.84. The molecule has 1 N–H and O–H groups in total. The van der Waals surface area contributed by atoms with Crippen LogP contribution in [0, 0.1) is 5.82 Å². The average molecular weight is 430 g/mol. The molecule has 0 spiro atoms. The van der Waals surface area contributed by atoms with Gasteiger partial charge < -0.3 is 10.1 Å². The Hall–Kier alpha value is -3.00. The number of ether oxygens (including phenoxy) is 1. The molecule has 0 bridgehead atoms. The van der Waals surface area contributed by atoms with E-state index < -0.39 is 17.8 Å². The predicted molar refractivity (Wildman–Crippen MR) is 99.6 cm³/mol. The molecule has 0 fully saturated rings. The lowest BCUT2D eigenvalue weighted by Crippen LogP contribution is -2.32. The molecule has 136 valence electrons. The van der Waals surface area contributed by atoms with Crippen LogP contribution in [0.1, 0.15) is 22.1 Å². The van der Waals surface area contributed by atoms with E-state index in [4.69, 9.17) is 4.74 Å². The number of nitrogens with one attached hydrogen (secondary N) is 1. The minimum absolute atomic E-state index is 0.0908. The van der Waals surface area contributed by atoms with Gasteiger partial charge in [0.2, 0.25) is 0 Å². The van der Waals surface area contributed by atoms with Gasteiger partial charge in [-0.25, -0.2) is 4.39 Å². The van der Waals surface area contributed by atoms with E-state index >= 15 is 0 Å². The lowest BCUT2D eigenvalue weighted by molar-refractivity contribution is 0.0923. The Morgan fingerprint density at radius 3 is 2.78 bits per heavy atom. The van der Waals surface area contributed by atoms with Crippen molar-refractivity contribution in [3.63, 3.8) is 0 Å². The number of carbonyl (C=O) groups excluding carboxylic acids is 1. The number of benzene rings is 2. The largest absolute Gasteiger partial charge is 0.491 e. The second-order valence-corrected chi connectivity index (χ2v) is 6.80. The average Bonchev–Trinajstić information content (AvgIpc) is 3.04. The molecule has 1 atom stereocenters. The summed E-state index contributed by atoms with van der Waals surface area (Å²) >= 11 is 3.14. The van der Waals surface area contributed by atoms with Crippen molar-refractivity contribution < 1.29 is 13.9 Å². The number of hydrogen-bond donors (Lipinski definition) is 1. The summed E-state index contributed by atoms with van der Waals surface area (Å²) in [6.45, 7) is 0.190. The molecule has 0 saturated heterocycles. The zero-order valence-corrected chi connectivity index (χ0v) is 15.4. The van der Waals surface area contributed by atoms with E-state index in [1.807, 2.05) is 6.07 Å². The van der Waals surface area contributed by atoms with Gasteiger partial charge in [0.15, 0.2) is 0 Å². The number of para-hydroxylation sites is 1. The van der Waals surface area contributed by atoms with E-state index in [9.17, 15) is 14.0 Å². The van der Waals surface area contributed by atoms with Crippen LogP contribution in [0.4, 0.5) is 4.39 Å². The third kappa shape index (κ3) is 3.35. The van der Waals surface area contributed by atoms with Gasteiger partial charge in [-0.3, -0.25) is 9.59 Å². The Balaban J connectivity index is 1.61. The van der Waals surface area contributed by atoms with Crippen LogP contribution in [0.3, 0.4) is 0 Å². The quantitative estimate of drug-likeness (QED) is 0.694. The Kier molecular flexibility index (Phi) is 4.49. The summed E-state index contributed by atoms with van der Waals surface area (Å²) in [6, 6.07) is 13.9. The molecule has 1 unspecified atom stereocenters. The molecule has 1 aromatic heterocycles. The van der Waals surface area contributed by atoms with Gasteiger partial charge >= 0.3 is 0 Å². The van der Waals surface area contributed by atoms with Crippen molar-refractivity contribution in [2.45, 2.75) is 6.04 Å². The first-order valence-corrected chi connectivity index (χ1v) is 8.90. The summed E-state index contributed by atoms with van der Waals surface area (Å²) in [5.74, 6) is -0.498. The van der Waals surface area contributed by atoms with Crippen molar-refractivity contribution in [3.05, 3.63) is 86.5 Å². The van der Waals surface area contributed by atoms with Gasteiger partial charge in [0.05, 0.1) is 16.2 Å². The SMILES string of the molecule is O=C(NC1COc2cc(F)c(Br)cc21)c1ccc(=O)n(-c2ccccc2)n1. The number of fused-ring (bicyclic) bond motifs is 1. The molecule has 1 aliphatic heterocycles. The number of halogens is 2. The van der Waals surface area contributed by atoms with Gasteiger partial charge in [0.1, 0.15) is 23.9 Å². The molecule has 1 aliphatic rings. The third-order valence-corrected chi connectivity index (χ3v) is 4.78.